The Morgan fingerprint density at radius 2 is 1.95 bits per heavy atom. The number of hydrogen-bond donors (Lipinski definition) is 2. The van der Waals surface area contributed by atoms with Crippen molar-refractivity contribution in [2.75, 3.05) is 11.9 Å². The smallest absolute Gasteiger partial charge is 0.263 e. The van der Waals surface area contributed by atoms with Crippen molar-refractivity contribution in [1.29, 1.82) is 0 Å². The highest BCUT2D eigenvalue weighted by molar-refractivity contribution is 6.04. The van der Waals surface area contributed by atoms with Crippen LogP contribution in [0.25, 0.3) is 0 Å². The number of benzene rings is 1. The van der Waals surface area contributed by atoms with Crippen LogP contribution in [0.5, 0.6) is 0 Å². The van der Waals surface area contributed by atoms with Gasteiger partial charge < -0.3 is 19.8 Å². The van der Waals surface area contributed by atoms with Gasteiger partial charge in [0.15, 0.2) is 0 Å². The number of pyridine rings is 1. The summed E-state index contributed by atoms with van der Waals surface area (Å²) < 4.78 is 3.72. The quantitative estimate of drug-likeness (QED) is 0.414. The first-order chi connectivity index (χ1) is 18.1. The number of carbonyl (C=O) groups excluding carboxylic acids is 1. The van der Waals surface area contributed by atoms with Crippen molar-refractivity contribution in [2.45, 2.75) is 71.9 Å². The fourth-order valence-electron chi connectivity index (χ4n) is 6.06. The molecule has 2 aliphatic rings. The molecule has 1 amide bonds. The van der Waals surface area contributed by atoms with Crippen LogP contribution in [-0.4, -0.2) is 31.8 Å². The third kappa shape index (κ3) is 5.46. The largest absolute Gasteiger partial charge is 0.322 e. The molecule has 0 unspecified atom stereocenters. The average Bonchev–Trinajstić information content (AvgIpc) is 3.55. The van der Waals surface area contributed by atoms with Crippen molar-refractivity contribution in [1.82, 2.24) is 24.6 Å². The molecular formula is C30H40N6O2. The third-order valence-corrected chi connectivity index (χ3v) is 7.79. The standard InChI is InChI=1S/C30H40N6O2/c1-20(2)13-31-14-22-11-25(27(38)36(16-22)15-21-9-10-21)26(37)33-24-8-6-7-23(12-24)30(17-29(3,4)18-30)28-34-32-19-35(28)5/h6-8,11-12,16,19-21,31H,9-10,13-15,17-18H2,1-5H3,(H,33,37). The number of rotatable bonds is 10. The van der Waals surface area contributed by atoms with E-state index in [0.29, 0.717) is 30.6 Å². The second kappa shape index (κ2) is 10.1. The first kappa shape index (κ1) is 26.4. The molecule has 8 heteroatoms. The number of anilines is 1. The zero-order chi connectivity index (χ0) is 27.1. The van der Waals surface area contributed by atoms with Crippen molar-refractivity contribution in [3.63, 3.8) is 0 Å². The van der Waals surface area contributed by atoms with E-state index in [0.717, 1.165) is 49.2 Å². The lowest BCUT2D eigenvalue weighted by Gasteiger charge is -2.52. The molecule has 38 heavy (non-hydrogen) atoms. The maximum absolute atomic E-state index is 13.5. The van der Waals surface area contributed by atoms with Gasteiger partial charge in [0, 0.05) is 32.0 Å². The molecule has 0 aliphatic heterocycles. The van der Waals surface area contributed by atoms with Gasteiger partial charge in [0.05, 0.1) is 5.41 Å². The number of hydrogen-bond acceptors (Lipinski definition) is 5. The number of carbonyl (C=O) groups is 1. The van der Waals surface area contributed by atoms with E-state index >= 15 is 0 Å². The molecule has 1 aromatic carbocycles. The zero-order valence-corrected chi connectivity index (χ0v) is 23.3. The predicted octanol–water partition coefficient (Wildman–Crippen LogP) is 4.49. The molecule has 0 spiro atoms. The Bertz CT molecular complexity index is 1370. The molecule has 2 heterocycles. The molecule has 202 valence electrons. The Morgan fingerprint density at radius 3 is 2.58 bits per heavy atom. The van der Waals surface area contributed by atoms with E-state index in [9.17, 15) is 9.59 Å². The third-order valence-electron chi connectivity index (χ3n) is 7.79. The summed E-state index contributed by atoms with van der Waals surface area (Å²) in [4.78, 5) is 26.8. The maximum atomic E-state index is 13.5. The van der Waals surface area contributed by atoms with Gasteiger partial charge in [-0.05, 0) is 78.8 Å². The van der Waals surface area contributed by atoms with Gasteiger partial charge in [-0.3, -0.25) is 9.59 Å². The van der Waals surface area contributed by atoms with E-state index in [-0.39, 0.29) is 27.9 Å². The van der Waals surface area contributed by atoms with Gasteiger partial charge in [-0.1, -0.05) is 39.8 Å². The molecule has 0 radical (unpaired) electrons. The highest BCUT2D eigenvalue weighted by Crippen LogP contribution is 2.58. The van der Waals surface area contributed by atoms with Crippen LogP contribution in [-0.2, 0) is 25.6 Å². The van der Waals surface area contributed by atoms with Crippen molar-refractivity contribution < 1.29 is 4.79 Å². The molecule has 5 rings (SSSR count). The van der Waals surface area contributed by atoms with E-state index in [1.165, 1.54) is 0 Å². The van der Waals surface area contributed by atoms with Crippen LogP contribution in [0.4, 0.5) is 5.69 Å². The summed E-state index contributed by atoms with van der Waals surface area (Å²) in [5.41, 5.74) is 2.62. The SMILES string of the molecule is CC(C)CNCc1cc(C(=O)Nc2cccc(C3(c4nncn4C)CC(C)(C)C3)c2)c(=O)n(CC2CC2)c1. The van der Waals surface area contributed by atoms with Gasteiger partial charge in [-0.25, -0.2) is 0 Å². The fourth-order valence-corrected chi connectivity index (χ4v) is 6.06. The lowest BCUT2D eigenvalue weighted by molar-refractivity contribution is 0.0790. The van der Waals surface area contributed by atoms with E-state index < -0.39 is 0 Å². The topological polar surface area (TPSA) is 93.8 Å². The first-order valence-corrected chi connectivity index (χ1v) is 13.8. The van der Waals surface area contributed by atoms with Gasteiger partial charge in [0.2, 0.25) is 0 Å². The van der Waals surface area contributed by atoms with Crippen LogP contribution in [0.15, 0.2) is 47.7 Å². The zero-order valence-electron chi connectivity index (χ0n) is 23.3. The minimum absolute atomic E-state index is 0.188. The second-order valence-electron chi connectivity index (χ2n) is 12.6. The van der Waals surface area contributed by atoms with Crippen LogP contribution in [0, 0.1) is 17.3 Å². The van der Waals surface area contributed by atoms with E-state index in [1.807, 2.05) is 36.0 Å². The highest BCUT2D eigenvalue weighted by atomic mass is 16.2. The maximum Gasteiger partial charge on any atom is 0.263 e. The Morgan fingerprint density at radius 1 is 1.18 bits per heavy atom. The molecule has 2 aliphatic carbocycles. The van der Waals surface area contributed by atoms with Crippen molar-refractivity contribution in [3.05, 3.63) is 75.7 Å². The summed E-state index contributed by atoms with van der Waals surface area (Å²) >= 11 is 0. The van der Waals surface area contributed by atoms with Gasteiger partial charge in [-0.15, -0.1) is 10.2 Å². The van der Waals surface area contributed by atoms with Gasteiger partial charge in [0.1, 0.15) is 17.7 Å². The summed E-state index contributed by atoms with van der Waals surface area (Å²) in [6.45, 7) is 11.0. The molecule has 3 aromatic rings. The van der Waals surface area contributed by atoms with Crippen LogP contribution < -0.4 is 16.2 Å². The molecule has 8 nitrogen and oxygen atoms in total. The average molecular weight is 517 g/mol. The molecule has 0 atom stereocenters. The first-order valence-electron chi connectivity index (χ1n) is 13.8. The second-order valence-corrected chi connectivity index (χ2v) is 12.6. The van der Waals surface area contributed by atoms with Crippen LogP contribution in [0.3, 0.4) is 0 Å². The number of amides is 1. The Labute approximate surface area is 224 Å². The molecule has 2 saturated carbocycles. The Hall–Kier alpha value is -3.26. The minimum atomic E-state index is -0.371. The lowest BCUT2D eigenvalue weighted by Crippen LogP contribution is -2.49. The fraction of sp³-hybridized carbons (Fsp3) is 0.533. The van der Waals surface area contributed by atoms with Crippen LogP contribution in [0.1, 0.15) is 80.7 Å². The Kier molecular flexibility index (Phi) is 7.03. The molecule has 0 bridgehead atoms. The molecule has 2 fully saturated rings. The molecule has 2 N–H and O–H groups in total. The number of nitrogens with zero attached hydrogens (tertiary/aromatic N) is 4. The Balaban J connectivity index is 1.42. The van der Waals surface area contributed by atoms with Crippen molar-refractivity contribution >= 4 is 11.6 Å². The number of nitrogens with one attached hydrogen (secondary N) is 2. The number of aryl methyl sites for hydroxylation is 1. The number of aromatic nitrogens is 4. The van der Waals surface area contributed by atoms with Crippen molar-refractivity contribution in [3.8, 4) is 0 Å². The van der Waals surface area contributed by atoms with Gasteiger partial charge in [-0.2, -0.15) is 0 Å². The summed E-state index contributed by atoms with van der Waals surface area (Å²) in [5.74, 6) is 1.62. The van der Waals surface area contributed by atoms with Gasteiger partial charge >= 0.3 is 0 Å². The monoisotopic (exact) mass is 516 g/mol. The van der Waals surface area contributed by atoms with E-state index in [4.69, 9.17) is 0 Å². The highest BCUT2D eigenvalue weighted by Gasteiger charge is 2.53. The molecule has 2 aromatic heterocycles. The van der Waals surface area contributed by atoms with Crippen LogP contribution in [0.2, 0.25) is 0 Å². The van der Waals surface area contributed by atoms with Gasteiger partial charge in [0.25, 0.3) is 11.5 Å². The van der Waals surface area contributed by atoms with Crippen LogP contribution >= 0.6 is 0 Å². The van der Waals surface area contributed by atoms with Crippen molar-refractivity contribution in [2.24, 2.45) is 24.3 Å². The summed E-state index contributed by atoms with van der Waals surface area (Å²) in [6.07, 6.45) is 7.82. The van der Waals surface area contributed by atoms with E-state index in [2.05, 4.69) is 54.6 Å². The summed E-state index contributed by atoms with van der Waals surface area (Å²) in [6, 6.07) is 9.72. The molecular weight excluding hydrogens is 476 g/mol. The molecule has 0 saturated heterocycles. The summed E-state index contributed by atoms with van der Waals surface area (Å²) in [7, 11) is 1.98. The minimum Gasteiger partial charge on any atom is -0.322 e. The normalized spacial score (nSPS) is 17.8. The lowest BCUT2D eigenvalue weighted by atomic mass is 9.51. The summed E-state index contributed by atoms with van der Waals surface area (Å²) in [5, 5.41) is 15.1. The van der Waals surface area contributed by atoms with E-state index in [1.54, 1.807) is 17.0 Å². The predicted molar refractivity (Wildman–Crippen MR) is 149 cm³/mol.